The van der Waals surface area contributed by atoms with Crippen molar-refractivity contribution >= 4 is 11.9 Å². The Labute approximate surface area is 174 Å². The van der Waals surface area contributed by atoms with Crippen LogP contribution in [-0.4, -0.2) is 31.4 Å². The van der Waals surface area contributed by atoms with Gasteiger partial charge in [0.2, 0.25) is 6.29 Å². The third-order valence-electron chi connectivity index (χ3n) is 3.67. The van der Waals surface area contributed by atoms with Crippen LogP contribution in [0.3, 0.4) is 0 Å². The van der Waals surface area contributed by atoms with Crippen molar-refractivity contribution in [2.24, 2.45) is 0 Å². The Balaban J connectivity index is 0. The average molecular weight is 407 g/mol. The predicted molar refractivity (Wildman–Crippen MR) is 110 cm³/mol. The number of hydrogen-bond donors (Lipinski definition) is 0. The molecule has 0 aromatic carbocycles. The summed E-state index contributed by atoms with van der Waals surface area (Å²) < 4.78 is 14.5. The van der Waals surface area contributed by atoms with Gasteiger partial charge in [0.15, 0.2) is 0 Å². The molecule has 0 aliphatic rings. The van der Waals surface area contributed by atoms with E-state index in [1.165, 1.54) is 38.5 Å². The number of hydrogen-bond acceptors (Lipinski definition) is 7. The fourth-order valence-corrected chi connectivity index (χ4v) is 2.07. The summed E-state index contributed by atoms with van der Waals surface area (Å²) in [5.74, 6) is -1.33. The topological polar surface area (TPSA) is 109 Å². The highest BCUT2D eigenvalue weighted by Crippen LogP contribution is 2.08. The first-order valence-corrected chi connectivity index (χ1v) is 10.0. The van der Waals surface area contributed by atoms with E-state index in [0.29, 0.717) is 13.2 Å². The summed E-state index contributed by atoms with van der Waals surface area (Å²) in [6.45, 7) is 12.9. The standard InChI is InChI=1S/C14H23NO2.C8H11NO3/c1-3-4-5-6-7-8-9-10-11-17-14(16)13(2)12-15;1-4-11-7(3)12-8(10)6(2)5-9/h2-11H2,1H3;7H,2,4H2,1,3H3. The van der Waals surface area contributed by atoms with Gasteiger partial charge < -0.3 is 14.2 Å². The Morgan fingerprint density at radius 3 is 1.83 bits per heavy atom. The van der Waals surface area contributed by atoms with Gasteiger partial charge in [-0.15, -0.1) is 0 Å². The summed E-state index contributed by atoms with van der Waals surface area (Å²) in [5, 5.41) is 16.7. The number of carbonyl (C=O) groups is 2. The van der Waals surface area contributed by atoms with Crippen molar-refractivity contribution in [2.45, 2.75) is 78.4 Å². The zero-order chi connectivity index (χ0) is 22.5. The van der Waals surface area contributed by atoms with E-state index in [9.17, 15) is 9.59 Å². The monoisotopic (exact) mass is 406 g/mol. The lowest BCUT2D eigenvalue weighted by Crippen LogP contribution is -2.18. The third kappa shape index (κ3) is 18.5. The minimum absolute atomic E-state index is 0.121. The van der Waals surface area contributed by atoms with Crippen LogP contribution in [-0.2, 0) is 23.8 Å². The fraction of sp³-hybridized carbons (Fsp3) is 0.636. The molecule has 0 aliphatic heterocycles. The van der Waals surface area contributed by atoms with Gasteiger partial charge in [-0.1, -0.05) is 65.0 Å². The number of carbonyl (C=O) groups excluding carboxylic acids is 2. The molecular formula is C22H34N2O5. The zero-order valence-corrected chi connectivity index (χ0v) is 18.0. The maximum atomic E-state index is 11.0. The smallest absolute Gasteiger partial charge is 0.350 e. The second-order valence-corrected chi connectivity index (χ2v) is 6.22. The molecule has 162 valence electrons. The highest BCUT2D eigenvalue weighted by molar-refractivity contribution is 5.92. The molecule has 29 heavy (non-hydrogen) atoms. The molecule has 0 aromatic heterocycles. The van der Waals surface area contributed by atoms with E-state index < -0.39 is 18.2 Å². The largest absolute Gasteiger partial charge is 0.462 e. The molecule has 7 nitrogen and oxygen atoms in total. The first-order valence-electron chi connectivity index (χ1n) is 10.0. The molecule has 0 rings (SSSR count). The van der Waals surface area contributed by atoms with Crippen molar-refractivity contribution in [1.82, 2.24) is 0 Å². The zero-order valence-electron chi connectivity index (χ0n) is 18.0. The second kappa shape index (κ2) is 20.1. The minimum Gasteiger partial charge on any atom is -0.462 e. The van der Waals surface area contributed by atoms with E-state index in [1.54, 1.807) is 26.0 Å². The summed E-state index contributed by atoms with van der Waals surface area (Å²) >= 11 is 0. The molecule has 1 atom stereocenters. The number of nitrogens with zero attached hydrogens (tertiary/aromatic N) is 2. The number of unbranched alkanes of at least 4 members (excludes halogenated alkanes) is 7. The highest BCUT2D eigenvalue weighted by Gasteiger charge is 2.11. The summed E-state index contributed by atoms with van der Waals surface area (Å²) in [6.07, 6.45) is 9.02. The van der Waals surface area contributed by atoms with E-state index in [0.717, 1.165) is 12.8 Å². The molecule has 0 saturated heterocycles. The number of ether oxygens (including phenoxy) is 3. The predicted octanol–water partition coefficient (Wildman–Crippen LogP) is 4.74. The molecule has 0 heterocycles. The second-order valence-electron chi connectivity index (χ2n) is 6.22. The van der Waals surface area contributed by atoms with Gasteiger partial charge >= 0.3 is 11.9 Å². The molecular weight excluding hydrogens is 372 g/mol. The summed E-state index contributed by atoms with van der Waals surface area (Å²) in [6, 6.07) is 3.26. The molecule has 0 bridgehead atoms. The number of esters is 2. The van der Waals surface area contributed by atoms with Crippen LogP contribution in [0.1, 0.15) is 72.1 Å². The maximum Gasteiger partial charge on any atom is 0.350 e. The van der Waals surface area contributed by atoms with Crippen molar-refractivity contribution < 1.29 is 23.8 Å². The van der Waals surface area contributed by atoms with Crippen LogP contribution in [0.2, 0.25) is 0 Å². The van der Waals surface area contributed by atoms with Gasteiger partial charge in [0.1, 0.15) is 23.3 Å². The van der Waals surface area contributed by atoms with E-state index >= 15 is 0 Å². The van der Waals surface area contributed by atoms with Crippen LogP contribution >= 0.6 is 0 Å². The first-order chi connectivity index (χ1) is 13.8. The Hall–Kier alpha value is -2.64. The van der Waals surface area contributed by atoms with Gasteiger partial charge in [-0.25, -0.2) is 9.59 Å². The normalized spacial score (nSPS) is 10.4. The van der Waals surface area contributed by atoms with Crippen LogP contribution in [0, 0.1) is 22.7 Å². The summed E-state index contributed by atoms with van der Waals surface area (Å²) in [5.41, 5.74) is -0.342. The van der Waals surface area contributed by atoms with Crippen LogP contribution in [0.4, 0.5) is 0 Å². The fourth-order valence-electron chi connectivity index (χ4n) is 2.07. The minimum atomic E-state index is -0.738. The average Bonchev–Trinajstić information content (AvgIpc) is 2.71. The van der Waals surface area contributed by atoms with E-state index in [4.69, 9.17) is 20.0 Å². The van der Waals surface area contributed by atoms with Crippen molar-refractivity contribution in [1.29, 1.82) is 10.5 Å². The third-order valence-corrected chi connectivity index (χ3v) is 3.67. The Morgan fingerprint density at radius 2 is 1.34 bits per heavy atom. The molecule has 1 unspecified atom stereocenters. The molecule has 0 fully saturated rings. The lowest BCUT2D eigenvalue weighted by atomic mass is 10.1. The molecule has 0 amide bonds. The Kier molecular flexibility index (Phi) is 19.8. The van der Waals surface area contributed by atoms with Crippen molar-refractivity contribution in [3.8, 4) is 12.1 Å². The molecule has 0 aliphatic carbocycles. The van der Waals surface area contributed by atoms with E-state index in [2.05, 4.69) is 24.8 Å². The molecule has 0 N–H and O–H groups in total. The maximum absolute atomic E-state index is 11.0. The molecule has 0 radical (unpaired) electrons. The van der Waals surface area contributed by atoms with Gasteiger partial charge in [-0.3, -0.25) is 0 Å². The van der Waals surface area contributed by atoms with E-state index in [1.807, 2.05) is 0 Å². The summed E-state index contributed by atoms with van der Waals surface area (Å²) in [7, 11) is 0. The number of nitriles is 2. The van der Waals surface area contributed by atoms with Crippen LogP contribution in [0.5, 0.6) is 0 Å². The van der Waals surface area contributed by atoms with Crippen LogP contribution < -0.4 is 0 Å². The SMILES string of the molecule is C=C(C#N)C(=O)OC(C)OCC.C=C(C#N)C(=O)OCCCCCCCCCC. The van der Waals surface area contributed by atoms with Crippen molar-refractivity contribution in [3.05, 3.63) is 24.3 Å². The Bertz CT molecular complexity index is 587. The van der Waals surface area contributed by atoms with Crippen LogP contribution in [0.25, 0.3) is 0 Å². The first kappa shape index (κ1) is 28.6. The number of rotatable bonds is 14. The lowest BCUT2D eigenvalue weighted by molar-refractivity contribution is -0.168. The molecule has 7 heteroatoms. The quantitative estimate of drug-likeness (QED) is 0.135. The lowest BCUT2D eigenvalue weighted by Gasteiger charge is -2.11. The summed E-state index contributed by atoms with van der Waals surface area (Å²) in [4.78, 5) is 21.9. The molecule has 0 spiro atoms. The van der Waals surface area contributed by atoms with Gasteiger partial charge in [0.25, 0.3) is 0 Å². The van der Waals surface area contributed by atoms with Crippen molar-refractivity contribution in [3.63, 3.8) is 0 Å². The molecule has 0 saturated carbocycles. The Morgan fingerprint density at radius 1 is 0.862 bits per heavy atom. The van der Waals surface area contributed by atoms with Crippen LogP contribution in [0.15, 0.2) is 24.3 Å². The highest BCUT2D eigenvalue weighted by atomic mass is 16.7. The van der Waals surface area contributed by atoms with Crippen molar-refractivity contribution in [2.75, 3.05) is 13.2 Å². The van der Waals surface area contributed by atoms with Gasteiger partial charge in [0, 0.05) is 6.61 Å². The van der Waals surface area contributed by atoms with Gasteiger partial charge in [-0.05, 0) is 20.3 Å². The van der Waals surface area contributed by atoms with Gasteiger partial charge in [-0.2, -0.15) is 10.5 Å². The van der Waals surface area contributed by atoms with E-state index in [-0.39, 0.29) is 11.1 Å². The molecule has 0 aromatic rings. The van der Waals surface area contributed by atoms with Gasteiger partial charge in [0.05, 0.1) is 6.61 Å².